The quantitative estimate of drug-likeness (QED) is 0.850. The van der Waals surface area contributed by atoms with Gasteiger partial charge in [-0.1, -0.05) is 0 Å². The standard InChI is InChI=1S/C15H17BrN4O3/c16-13-8-19-14(17)15(20-13)22-9-10-1-4-18-7-12(10)23-11-2-5-21-6-3-11/h1,4,7-8,11H,2-3,5-6,9H2,(H2,17,19). The molecule has 0 aliphatic carbocycles. The molecule has 0 bridgehead atoms. The first-order chi connectivity index (χ1) is 11.2. The number of nitrogens with zero attached hydrogens (tertiary/aromatic N) is 3. The Morgan fingerprint density at radius 3 is 2.96 bits per heavy atom. The molecule has 23 heavy (non-hydrogen) atoms. The maximum atomic E-state index is 6.03. The van der Waals surface area contributed by atoms with Crippen LogP contribution in [0.5, 0.6) is 11.6 Å². The van der Waals surface area contributed by atoms with E-state index in [1.54, 1.807) is 12.4 Å². The fraction of sp³-hybridized carbons (Fsp3) is 0.400. The van der Waals surface area contributed by atoms with Crippen LogP contribution in [0.15, 0.2) is 29.3 Å². The Balaban J connectivity index is 1.68. The second-order valence-corrected chi connectivity index (χ2v) is 5.90. The van der Waals surface area contributed by atoms with Gasteiger partial charge in [0.15, 0.2) is 5.82 Å². The molecule has 1 aliphatic heterocycles. The molecule has 3 heterocycles. The van der Waals surface area contributed by atoms with E-state index >= 15 is 0 Å². The maximum Gasteiger partial charge on any atom is 0.258 e. The van der Waals surface area contributed by atoms with Gasteiger partial charge in [-0.15, -0.1) is 0 Å². The van der Waals surface area contributed by atoms with Crippen molar-refractivity contribution in [3.8, 4) is 11.6 Å². The highest BCUT2D eigenvalue weighted by Crippen LogP contribution is 2.24. The number of halogens is 1. The molecule has 122 valence electrons. The molecule has 1 saturated heterocycles. The molecule has 2 aromatic heterocycles. The van der Waals surface area contributed by atoms with Gasteiger partial charge >= 0.3 is 0 Å². The van der Waals surface area contributed by atoms with Gasteiger partial charge in [0.25, 0.3) is 5.88 Å². The molecule has 3 rings (SSSR count). The molecule has 0 unspecified atom stereocenters. The predicted molar refractivity (Wildman–Crippen MR) is 87.2 cm³/mol. The fourth-order valence-electron chi connectivity index (χ4n) is 2.22. The number of aromatic nitrogens is 3. The summed E-state index contributed by atoms with van der Waals surface area (Å²) < 4.78 is 17.6. The minimum atomic E-state index is 0.141. The molecule has 0 amide bonds. The van der Waals surface area contributed by atoms with Crippen molar-refractivity contribution < 1.29 is 14.2 Å². The van der Waals surface area contributed by atoms with Gasteiger partial charge in [0.05, 0.1) is 25.6 Å². The third kappa shape index (κ3) is 4.29. The number of hydrogen-bond donors (Lipinski definition) is 1. The van der Waals surface area contributed by atoms with Crippen LogP contribution in [0.25, 0.3) is 0 Å². The van der Waals surface area contributed by atoms with Gasteiger partial charge in [-0.2, -0.15) is 0 Å². The van der Waals surface area contributed by atoms with E-state index in [2.05, 4.69) is 30.9 Å². The van der Waals surface area contributed by atoms with Crippen LogP contribution < -0.4 is 15.2 Å². The minimum Gasteiger partial charge on any atom is -0.488 e. The Morgan fingerprint density at radius 2 is 2.13 bits per heavy atom. The molecule has 8 heteroatoms. The average molecular weight is 381 g/mol. The summed E-state index contributed by atoms with van der Waals surface area (Å²) in [7, 11) is 0. The number of nitrogen functional groups attached to an aromatic ring is 1. The van der Waals surface area contributed by atoms with Crippen molar-refractivity contribution in [3.63, 3.8) is 0 Å². The number of hydrogen-bond acceptors (Lipinski definition) is 7. The van der Waals surface area contributed by atoms with Crippen molar-refractivity contribution in [1.29, 1.82) is 0 Å². The zero-order valence-corrected chi connectivity index (χ0v) is 14.0. The predicted octanol–water partition coefficient (Wildman–Crippen LogP) is 2.35. The van der Waals surface area contributed by atoms with Crippen LogP contribution in [-0.2, 0) is 11.3 Å². The van der Waals surface area contributed by atoms with Crippen LogP contribution >= 0.6 is 15.9 Å². The third-order valence-corrected chi connectivity index (χ3v) is 3.82. The number of ether oxygens (including phenoxy) is 3. The van der Waals surface area contributed by atoms with E-state index < -0.39 is 0 Å². The zero-order chi connectivity index (χ0) is 16.1. The van der Waals surface area contributed by atoms with Crippen molar-refractivity contribution in [3.05, 3.63) is 34.8 Å². The molecule has 1 aliphatic rings. The van der Waals surface area contributed by atoms with E-state index in [1.165, 1.54) is 6.20 Å². The zero-order valence-electron chi connectivity index (χ0n) is 12.4. The Morgan fingerprint density at radius 1 is 1.30 bits per heavy atom. The second-order valence-electron chi connectivity index (χ2n) is 5.08. The smallest absolute Gasteiger partial charge is 0.258 e. The number of pyridine rings is 1. The lowest BCUT2D eigenvalue weighted by molar-refractivity contribution is 0.0247. The molecule has 2 aromatic rings. The Hall–Kier alpha value is -1.93. The largest absolute Gasteiger partial charge is 0.488 e. The lowest BCUT2D eigenvalue weighted by Crippen LogP contribution is -2.26. The normalized spacial score (nSPS) is 15.3. The molecule has 1 fully saturated rings. The monoisotopic (exact) mass is 380 g/mol. The Kier molecular flexibility index (Phi) is 5.24. The van der Waals surface area contributed by atoms with Crippen molar-refractivity contribution in [1.82, 2.24) is 15.0 Å². The molecule has 0 radical (unpaired) electrons. The van der Waals surface area contributed by atoms with Gasteiger partial charge in [0.1, 0.15) is 23.1 Å². The summed E-state index contributed by atoms with van der Waals surface area (Å²) in [5, 5.41) is 0. The lowest BCUT2D eigenvalue weighted by atomic mass is 10.1. The third-order valence-electron chi connectivity index (χ3n) is 3.43. The highest BCUT2D eigenvalue weighted by molar-refractivity contribution is 9.10. The first-order valence-corrected chi connectivity index (χ1v) is 8.10. The van der Waals surface area contributed by atoms with E-state index in [0.29, 0.717) is 10.4 Å². The second kappa shape index (κ2) is 7.56. The first kappa shape index (κ1) is 15.9. The Bertz CT molecular complexity index is 665. The lowest BCUT2D eigenvalue weighted by Gasteiger charge is -2.24. The molecular formula is C15H17BrN4O3. The summed E-state index contributed by atoms with van der Waals surface area (Å²) in [4.78, 5) is 12.3. The van der Waals surface area contributed by atoms with Crippen LogP contribution in [-0.4, -0.2) is 34.3 Å². The van der Waals surface area contributed by atoms with Crippen LogP contribution in [0.3, 0.4) is 0 Å². The van der Waals surface area contributed by atoms with E-state index in [9.17, 15) is 0 Å². The van der Waals surface area contributed by atoms with Gasteiger partial charge in [-0.05, 0) is 22.0 Å². The van der Waals surface area contributed by atoms with Crippen molar-refractivity contribution in [2.24, 2.45) is 0 Å². The summed E-state index contributed by atoms with van der Waals surface area (Å²) >= 11 is 3.25. The highest BCUT2D eigenvalue weighted by atomic mass is 79.9. The van der Waals surface area contributed by atoms with Crippen LogP contribution in [0, 0.1) is 0 Å². The first-order valence-electron chi connectivity index (χ1n) is 7.30. The Labute approximate surface area is 142 Å². The molecule has 7 nitrogen and oxygen atoms in total. The van der Waals surface area contributed by atoms with Gasteiger partial charge < -0.3 is 19.9 Å². The molecule has 0 saturated carbocycles. The summed E-state index contributed by atoms with van der Waals surface area (Å²) in [6, 6.07) is 1.86. The minimum absolute atomic E-state index is 0.141. The molecule has 2 N–H and O–H groups in total. The molecule has 0 aromatic carbocycles. The molecule has 0 atom stereocenters. The topological polar surface area (TPSA) is 92.4 Å². The summed E-state index contributed by atoms with van der Waals surface area (Å²) in [5.41, 5.74) is 6.65. The van der Waals surface area contributed by atoms with E-state index in [1.807, 2.05) is 6.07 Å². The van der Waals surface area contributed by atoms with Crippen LogP contribution in [0.4, 0.5) is 5.82 Å². The highest BCUT2D eigenvalue weighted by Gasteiger charge is 2.17. The van der Waals surface area contributed by atoms with E-state index in [-0.39, 0.29) is 24.4 Å². The van der Waals surface area contributed by atoms with Crippen molar-refractivity contribution >= 4 is 21.7 Å². The SMILES string of the molecule is Nc1ncc(Br)nc1OCc1ccncc1OC1CCOCC1. The number of rotatable bonds is 5. The van der Waals surface area contributed by atoms with Gasteiger partial charge in [-0.25, -0.2) is 9.97 Å². The van der Waals surface area contributed by atoms with E-state index in [0.717, 1.165) is 31.6 Å². The summed E-state index contributed by atoms with van der Waals surface area (Å²) in [6.07, 6.45) is 6.81. The van der Waals surface area contributed by atoms with Crippen LogP contribution in [0.2, 0.25) is 0 Å². The van der Waals surface area contributed by atoms with Gasteiger partial charge in [0, 0.05) is 24.6 Å². The molecular weight excluding hydrogens is 364 g/mol. The van der Waals surface area contributed by atoms with E-state index in [4.69, 9.17) is 19.9 Å². The van der Waals surface area contributed by atoms with Crippen molar-refractivity contribution in [2.75, 3.05) is 18.9 Å². The van der Waals surface area contributed by atoms with Gasteiger partial charge in [-0.3, -0.25) is 4.98 Å². The molecule has 0 spiro atoms. The fourth-order valence-corrected chi connectivity index (χ4v) is 2.48. The average Bonchev–Trinajstić information content (AvgIpc) is 2.58. The summed E-state index contributed by atoms with van der Waals surface area (Å²) in [6.45, 7) is 1.72. The number of nitrogens with two attached hydrogens (primary N) is 1. The van der Waals surface area contributed by atoms with Crippen molar-refractivity contribution in [2.45, 2.75) is 25.6 Å². The van der Waals surface area contributed by atoms with Crippen LogP contribution in [0.1, 0.15) is 18.4 Å². The summed E-state index contributed by atoms with van der Waals surface area (Å²) in [5.74, 6) is 1.24. The van der Waals surface area contributed by atoms with Gasteiger partial charge in [0.2, 0.25) is 0 Å². The number of anilines is 1. The maximum absolute atomic E-state index is 6.03.